The molecule has 4 heterocycles. The number of benzene rings is 1. The molecule has 1 aromatic heterocycles. The van der Waals surface area contributed by atoms with Crippen LogP contribution < -0.4 is 0 Å². The fourth-order valence-electron chi connectivity index (χ4n) is 4.96. The number of piperidine rings is 2. The standard InChI is InChI=1S/C24H31N3O3/c1-6-15(3)20-11-21(30-25-20)23(28)26-12-19-8-7-18(26)13-27(19)24(29)22-16(4)9-14(2)10-17(22)5/h9-11,15,18-19H,6-8,12-13H2,1-5H3. The first-order valence-corrected chi connectivity index (χ1v) is 11.0. The summed E-state index contributed by atoms with van der Waals surface area (Å²) in [6.45, 7) is 11.4. The van der Waals surface area contributed by atoms with Crippen molar-refractivity contribution in [3.63, 3.8) is 0 Å². The van der Waals surface area contributed by atoms with Crippen LogP contribution in [0.15, 0.2) is 22.7 Å². The molecular formula is C24H31N3O3. The number of nitrogens with zero attached hydrogens (tertiary/aromatic N) is 3. The van der Waals surface area contributed by atoms with Crippen LogP contribution in [0.25, 0.3) is 0 Å². The van der Waals surface area contributed by atoms with Crippen LogP contribution in [0, 0.1) is 20.8 Å². The molecule has 0 spiro atoms. The van der Waals surface area contributed by atoms with E-state index in [-0.39, 0.29) is 29.8 Å². The topological polar surface area (TPSA) is 66.7 Å². The number of hydrogen-bond acceptors (Lipinski definition) is 4. The summed E-state index contributed by atoms with van der Waals surface area (Å²) >= 11 is 0. The second kappa shape index (κ2) is 7.89. The molecule has 5 rings (SSSR count). The Morgan fingerprint density at radius 1 is 1.03 bits per heavy atom. The monoisotopic (exact) mass is 409 g/mol. The fraction of sp³-hybridized carbons (Fsp3) is 0.542. The molecule has 0 radical (unpaired) electrons. The lowest BCUT2D eigenvalue weighted by atomic mass is 9.88. The van der Waals surface area contributed by atoms with Crippen LogP contribution in [0.2, 0.25) is 0 Å². The van der Waals surface area contributed by atoms with E-state index < -0.39 is 0 Å². The van der Waals surface area contributed by atoms with Gasteiger partial charge in [-0.3, -0.25) is 9.59 Å². The molecule has 0 N–H and O–H groups in total. The van der Waals surface area contributed by atoms with Gasteiger partial charge in [0.15, 0.2) is 0 Å². The van der Waals surface area contributed by atoms with E-state index in [9.17, 15) is 9.59 Å². The zero-order valence-corrected chi connectivity index (χ0v) is 18.6. The van der Waals surface area contributed by atoms with Gasteiger partial charge in [-0.15, -0.1) is 0 Å². The van der Waals surface area contributed by atoms with Gasteiger partial charge in [-0.1, -0.05) is 36.7 Å². The van der Waals surface area contributed by atoms with Crippen molar-refractivity contribution in [1.82, 2.24) is 15.0 Å². The minimum Gasteiger partial charge on any atom is -0.351 e. The zero-order chi connectivity index (χ0) is 21.6. The molecule has 160 valence electrons. The van der Waals surface area contributed by atoms with Crippen LogP contribution in [-0.2, 0) is 0 Å². The summed E-state index contributed by atoms with van der Waals surface area (Å²) in [6, 6.07) is 5.98. The molecule has 6 heteroatoms. The van der Waals surface area contributed by atoms with Gasteiger partial charge in [-0.25, -0.2) is 0 Å². The van der Waals surface area contributed by atoms with E-state index in [4.69, 9.17) is 4.52 Å². The van der Waals surface area contributed by atoms with E-state index >= 15 is 0 Å². The van der Waals surface area contributed by atoms with Crippen LogP contribution in [0.5, 0.6) is 0 Å². The van der Waals surface area contributed by atoms with Gasteiger partial charge in [0.05, 0.1) is 5.69 Å². The number of fused-ring (bicyclic) bond motifs is 3. The van der Waals surface area contributed by atoms with Crippen LogP contribution in [0.3, 0.4) is 0 Å². The summed E-state index contributed by atoms with van der Waals surface area (Å²) in [4.78, 5) is 30.4. The highest BCUT2D eigenvalue weighted by Crippen LogP contribution is 2.32. The average molecular weight is 410 g/mol. The first kappa shape index (κ1) is 20.6. The molecule has 1 aromatic carbocycles. The van der Waals surface area contributed by atoms with Gasteiger partial charge in [0.25, 0.3) is 11.8 Å². The summed E-state index contributed by atoms with van der Waals surface area (Å²) < 4.78 is 5.37. The maximum atomic E-state index is 13.4. The second-order valence-electron chi connectivity index (χ2n) is 9.00. The molecule has 2 aromatic rings. The highest BCUT2D eigenvalue weighted by Gasteiger charge is 2.44. The zero-order valence-electron chi connectivity index (χ0n) is 18.6. The van der Waals surface area contributed by atoms with Crippen molar-refractivity contribution >= 4 is 11.8 Å². The first-order chi connectivity index (χ1) is 14.3. The van der Waals surface area contributed by atoms with Crippen LogP contribution in [-0.4, -0.2) is 51.9 Å². The van der Waals surface area contributed by atoms with Crippen molar-refractivity contribution < 1.29 is 14.1 Å². The van der Waals surface area contributed by atoms with E-state index in [1.165, 1.54) is 5.56 Å². The molecular weight excluding hydrogens is 378 g/mol. The number of rotatable bonds is 4. The van der Waals surface area contributed by atoms with Gasteiger partial charge in [0.2, 0.25) is 5.76 Å². The quantitative estimate of drug-likeness (QED) is 0.757. The van der Waals surface area contributed by atoms with Crippen LogP contribution >= 0.6 is 0 Å². The lowest BCUT2D eigenvalue weighted by molar-refractivity contribution is -0.00782. The Hall–Kier alpha value is -2.63. The van der Waals surface area contributed by atoms with Crippen molar-refractivity contribution in [3.05, 3.63) is 51.9 Å². The molecule has 6 nitrogen and oxygen atoms in total. The highest BCUT2D eigenvalue weighted by atomic mass is 16.5. The Bertz CT molecular complexity index is 957. The predicted molar refractivity (Wildman–Crippen MR) is 115 cm³/mol. The molecule has 3 aliphatic heterocycles. The van der Waals surface area contributed by atoms with Gasteiger partial charge in [-0.2, -0.15) is 0 Å². The first-order valence-electron chi connectivity index (χ1n) is 11.0. The maximum absolute atomic E-state index is 13.4. The minimum atomic E-state index is -0.110. The predicted octanol–water partition coefficient (Wildman–Crippen LogP) is 4.24. The number of carbonyl (C=O) groups excluding carboxylic acids is 2. The summed E-state index contributed by atoms with van der Waals surface area (Å²) in [5, 5.41) is 4.09. The minimum absolute atomic E-state index is 0.0228. The molecule has 2 bridgehead atoms. The van der Waals surface area contributed by atoms with Gasteiger partial charge in [0.1, 0.15) is 0 Å². The smallest absolute Gasteiger partial charge is 0.292 e. The largest absolute Gasteiger partial charge is 0.351 e. The van der Waals surface area contributed by atoms with Crippen LogP contribution in [0.4, 0.5) is 0 Å². The van der Waals surface area contributed by atoms with Gasteiger partial charge >= 0.3 is 0 Å². The van der Waals surface area contributed by atoms with Crippen molar-refractivity contribution in [1.29, 1.82) is 0 Å². The van der Waals surface area contributed by atoms with E-state index in [0.717, 1.165) is 41.6 Å². The lowest BCUT2D eigenvalue weighted by Crippen LogP contribution is -2.65. The Balaban J connectivity index is 1.52. The maximum Gasteiger partial charge on any atom is 0.292 e. The Morgan fingerprint density at radius 3 is 2.13 bits per heavy atom. The van der Waals surface area contributed by atoms with E-state index in [1.54, 1.807) is 6.07 Å². The molecule has 3 unspecified atom stereocenters. The van der Waals surface area contributed by atoms with Crippen molar-refractivity contribution in [2.45, 2.75) is 71.9 Å². The van der Waals surface area contributed by atoms with E-state index in [0.29, 0.717) is 18.8 Å². The van der Waals surface area contributed by atoms with E-state index in [1.807, 2.05) is 23.6 Å². The van der Waals surface area contributed by atoms with Crippen molar-refractivity contribution in [2.75, 3.05) is 13.1 Å². The normalized spacial score (nSPS) is 21.8. The fourth-order valence-corrected chi connectivity index (χ4v) is 4.96. The van der Waals surface area contributed by atoms with Crippen molar-refractivity contribution in [2.24, 2.45) is 0 Å². The lowest BCUT2D eigenvalue weighted by Gasteiger charge is -2.51. The number of hydrogen-bond donors (Lipinski definition) is 0. The van der Waals surface area contributed by atoms with Crippen molar-refractivity contribution in [3.8, 4) is 0 Å². The Kier molecular flexibility index (Phi) is 5.43. The number of carbonyl (C=O) groups is 2. The third-order valence-corrected chi connectivity index (χ3v) is 6.80. The molecule has 3 aliphatic rings. The Morgan fingerprint density at radius 2 is 1.60 bits per heavy atom. The number of aryl methyl sites for hydroxylation is 3. The molecule has 3 atom stereocenters. The number of piperazine rings is 1. The average Bonchev–Trinajstić information content (AvgIpc) is 3.22. The molecule has 3 fully saturated rings. The molecule has 2 amide bonds. The summed E-state index contributed by atoms with van der Waals surface area (Å²) in [7, 11) is 0. The molecule has 30 heavy (non-hydrogen) atoms. The third kappa shape index (κ3) is 3.53. The van der Waals surface area contributed by atoms with E-state index in [2.05, 4.69) is 38.1 Å². The number of aromatic nitrogens is 1. The summed E-state index contributed by atoms with van der Waals surface area (Å²) in [5.74, 6) is 0.551. The van der Waals surface area contributed by atoms with Crippen LogP contribution in [0.1, 0.15) is 82.3 Å². The molecule has 3 saturated heterocycles. The highest BCUT2D eigenvalue weighted by molar-refractivity contribution is 5.98. The summed E-state index contributed by atoms with van der Waals surface area (Å²) in [6.07, 6.45) is 2.79. The summed E-state index contributed by atoms with van der Waals surface area (Å²) in [5.41, 5.74) is 4.84. The second-order valence-corrected chi connectivity index (χ2v) is 9.00. The molecule has 0 aliphatic carbocycles. The molecule has 0 saturated carbocycles. The SMILES string of the molecule is CCC(C)c1cc(C(=O)N2CC3CCC2CN3C(=O)c2c(C)cc(C)cc2C)on1. The Labute approximate surface area is 178 Å². The number of amides is 2. The van der Waals surface area contributed by atoms with Gasteiger partial charge in [-0.05, 0) is 51.2 Å². The van der Waals surface area contributed by atoms with Gasteiger partial charge in [0, 0.05) is 42.7 Å². The third-order valence-electron chi connectivity index (χ3n) is 6.80. The van der Waals surface area contributed by atoms with Gasteiger partial charge < -0.3 is 14.3 Å².